The van der Waals surface area contributed by atoms with Crippen LogP contribution in [0.3, 0.4) is 0 Å². The van der Waals surface area contributed by atoms with Crippen LogP contribution in [0.15, 0.2) is 23.3 Å². The molecular formula is C21H33NO7. The highest BCUT2D eigenvalue weighted by molar-refractivity contribution is 5.87. The molecule has 0 aromatic heterocycles. The Labute approximate surface area is 172 Å². The molecule has 0 bridgehead atoms. The third-order valence-corrected chi connectivity index (χ3v) is 5.98. The first kappa shape index (κ1) is 23.5. The van der Waals surface area contributed by atoms with E-state index in [2.05, 4.69) is 4.90 Å². The topological polar surface area (TPSA) is 106 Å². The molecule has 0 radical (unpaired) electrons. The van der Waals surface area contributed by atoms with Gasteiger partial charge in [0.1, 0.15) is 18.3 Å². The second-order valence-corrected chi connectivity index (χ2v) is 8.20. The molecule has 0 aromatic carbocycles. The van der Waals surface area contributed by atoms with Gasteiger partial charge in [0, 0.05) is 25.8 Å². The van der Waals surface area contributed by atoms with Crippen molar-refractivity contribution in [2.75, 3.05) is 26.8 Å². The highest BCUT2D eigenvalue weighted by atomic mass is 16.6. The van der Waals surface area contributed by atoms with Crippen LogP contribution >= 0.6 is 0 Å². The van der Waals surface area contributed by atoms with E-state index in [0.29, 0.717) is 18.5 Å². The van der Waals surface area contributed by atoms with Crippen LogP contribution in [-0.2, 0) is 23.8 Å². The number of nitrogens with zero attached hydrogens (tertiary/aromatic N) is 1. The number of rotatable bonds is 8. The predicted octanol–water partition coefficient (Wildman–Crippen LogP) is 0.959. The molecule has 2 N–H and O–H groups in total. The molecule has 0 aliphatic carbocycles. The van der Waals surface area contributed by atoms with Crippen LogP contribution in [0.2, 0.25) is 0 Å². The number of hydrogen-bond donors (Lipinski definition) is 2. The molecule has 0 aromatic rings. The summed E-state index contributed by atoms with van der Waals surface area (Å²) < 4.78 is 16.1. The Bertz CT molecular complexity index is 694. The number of methoxy groups -OCH3 is 1. The first-order chi connectivity index (χ1) is 13.5. The average Bonchev–Trinajstić information content (AvgIpc) is 3.26. The number of esters is 2. The monoisotopic (exact) mass is 411 g/mol. The van der Waals surface area contributed by atoms with Gasteiger partial charge in [-0.1, -0.05) is 12.2 Å². The number of ether oxygens (including phenoxy) is 3. The van der Waals surface area contributed by atoms with Crippen molar-refractivity contribution in [2.45, 2.75) is 70.5 Å². The van der Waals surface area contributed by atoms with E-state index in [0.717, 1.165) is 12.1 Å². The van der Waals surface area contributed by atoms with Crippen LogP contribution in [0.25, 0.3) is 0 Å². The van der Waals surface area contributed by atoms with Gasteiger partial charge in [-0.3, -0.25) is 4.90 Å². The lowest BCUT2D eigenvalue weighted by atomic mass is 9.81. The predicted molar refractivity (Wildman–Crippen MR) is 106 cm³/mol. The zero-order chi connectivity index (χ0) is 22.0. The van der Waals surface area contributed by atoms with Crippen LogP contribution < -0.4 is 0 Å². The summed E-state index contributed by atoms with van der Waals surface area (Å²) >= 11 is 0. The Hall–Kier alpha value is -1.74. The first-order valence-electron chi connectivity index (χ1n) is 9.89. The second-order valence-electron chi connectivity index (χ2n) is 8.20. The zero-order valence-electron chi connectivity index (χ0n) is 18.1. The van der Waals surface area contributed by atoms with Crippen molar-refractivity contribution >= 4 is 11.9 Å². The van der Waals surface area contributed by atoms with Crippen LogP contribution in [-0.4, -0.2) is 83.3 Å². The lowest BCUT2D eigenvalue weighted by molar-refractivity contribution is -0.216. The summed E-state index contributed by atoms with van der Waals surface area (Å²) in [5.41, 5.74) is -2.65. The maximum absolute atomic E-state index is 12.7. The maximum Gasteiger partial charge on any atom is 0.344 e. The molecule has 8 nitrogen and oxygen atoms in total. The van der Waals surface area contributed by atoms with E-state index < -0.39 is 23.3 Å². The summed E-state index contributed by atoms with van der Waals surface area (Å²) in [5.74, 6) is -1.32. The molecular weight excluding hydrogens is 378 g/mol. The highest BCUT2D eigenvalue weighted by Gasteiger charge is 2.55. The third-order valence-electron chi connectivity index (χ3n) is 5.98. The number of fused-ring (bicyclic) bond motifs is 1. The lowest BCUT2D eigenvalue weighted by Crippen LogP contribution is -2.63. The van der Waals surface area contributed by atoms with Gasteiger partial charge in [0.15, 0.2) is 0 Å². The molecule has 0 amide bonds. The quantitative estimate of drug-likeness (QED) is 0.346. The van der Waals surface area contributed by atoms with E-state index in [4.69, 9.17) is 14.2 Å². The van der Waals surface area contributed by atoms with Crippen LogP contribution in [0.5, 0.6) is 0 Å². The van der Waals surface area contributed by atoms with Crippen molar-refractivity contribution in [1.29, 1.82) is 0 Å². The van der Waals surface area contributed by atoms with Crippen molar-refractivity contribution < 1.29 is 34.0 Å². The summed E-state index contributed by atoms with van der Waals surface area (Å²) in [6.45, 7) is 9.03. The Morgan fingerprint density at radius 1 is 1.38 bits per heavy atom. The van der Waals surface area contributed by atoms with Crippen LogP contribution in [0, 0.1) is 0 Å². The van der Waals surface area contributed by atoms with E-state index in [1.54, 1.807) is 19.9 Å². The van der Waals surface area contributed by atoms with Gasteiger partial charge in [0.25, 0.3) is 0 Å². The molecule has 1 saturated heterocycles. The minimum absolute atomic E-state index is 0.0640. The molecule has 0 spiro atoms. The number of carbonyl (C=O) groups excluding carboxylic acids is 2. The molecule has 1 fully saturated rings. The van der Waals surface area contributed by atoms with Crippen molar-refractivity contribution in [2.24, 2.45) is 0 Å². The summed E-state index contributed by atoms with van der Waals surface area (Å²) in [6.07, 6.45) is 3.05. The maximum atomic E-state index is 12.7. The van der Waals surface area contributed by atoms with Gasteiger partial charge in [0.05, 0.1) is 12.1 Å². The fraction of sp³-hybridized carbons (Fsp3) is 0.714. The lowest BCUT2D eigenvalue weighted by Gasteiger charge is -2.40. The van der Waals surface area contributed by atoms with Crippen LogP contribution in [0.4, 0.5) is 0 Å². The molecule has 29 heavy (non-hydrogen) atoms. The van der Waals surface area contributed by atoms with Gasteiger partial charge < -0.3 is 24.4 Å². The van der Waals surface area contributed by atoms with Gasteiger partial charge >= 0.3 is 11.9 Å². The van der Waals surface area contributed by atoms with Crippen molar-refractivity contribution in [1.82, 2.24) is 4.90 Å². The molecule has 164 valence electrons. The second kappa shape index (κ2) is 8.95. The Kier molecular flexibility index (Phi) is 7.27. The number of hydrogen-bond acceptors (Lipinski definition) is 8. The number of allylic oxidation sites excluding steroid dienone is 1. The van der Waals surface area contributed by atoms with Gasteiger partial charge in [0.2, 0.25) is 5.60 Å². The standard InChI is InChI=1S/C21H33NO7/c1-7-13(2)18(23)29-16-9-11-22-10-8-15(17(16)22)12-28-19(24)21(26,14(3)27-6)20(4,5)25/h7-8,14,16-17,25-26H,9-12H2,1-6H3/b13-7+/t14-,16-,17+,21-/m0/s1. The average molecular weight is 411 g/mol. The fourth-order valence-corrected chi connectivity index (χ4v) is 3.82. The smallest absolute Gasteiger partial charge is 0.344 e. The van der Waals surface area contributed by atoms with Crippen molar-refractivity contribution in [3.63, 3.8) is 0 Å². The van der Waals surface area contributed by atoms with E-state index in [-0.39, 0.29) is 24.7 Å². The SMILES string of the molecule is C/C=C(\C)C(=O)O[C@H]1CCN2CC=C(COC(=O)[C@@](O)([C@H](C)OC)C(C)(C)O)[C@H]12. The van der Waals surface area contributed by atoms with Gasteiger partial charge in [-0.15, -0.1) is 0 Å². The van der Waals surface area contributed by atoms with Gasteiger partial charge in [-0.05, 0) is 46.6 Å². The normalized spacial score (nSPS) is 25.8. The Morgan fingerprint density at radius 3 is 2.59 bits per heavy atom. The van der Waals surface area contributed by atoms with E-state index >= 15 is 0 Å². The van der Waals surface area contributed by atoms with Gasteiger partial charge in [-0.2, -0.15) is 0 Å². The largest absolute Gasteiger partial charge is 0.459 e. The van der Waals surface area contributed by atoms with Gasteiger partial charge in [-0.25, -0.2) is 9.59 Å². The zero-order valence-corrected chi connectivity index (χ0v) is 18.1. The summed E-state index contributed by atoms with van der Waals surface area (Å²) in [6, 6.07) is -0.161. The van der Waals surface area contributed by atoms with E-state index in [1.807, 2.05) is 6.08 Å². The minimum Gasteiger partial charge on any atom is -0.459 e. The fourth-order valence-electron chi connectivity index (χ4n) is 3.82. The minimum atomic E-state index is -2.23. The molecule has 2 rings (SSSR count). The molecule has 0 saturated carbocycles. The molecule has 0 unspecified atom stereocenters. The number of carbonyl (C=O) groups is 2. The Morgan fingerprint density at radius 2 is 2.03 bits per heavy atom. The summed E-state index contributed by atoms with van der Waals surface area (Å²) in [5, 5.41) is 21.2. The molecule has 8 heteroatoms. The number of aliphatic hydroxyl groups is 2. The Balaban J connectivity index is 2.08. The van der Waals surface area contributed by atoms with Crippen molar-refractivity contribution in [3.05, 3.63) is 23.3 Å². The molecule has 2 aliphatic rings. The highest BCUT2D eigenvalue weighted by Crippen LogP contribution is 2.33. The van der Waals surface area contributed by atoms with Crippen molar-refractivity contribution in [3.8, 4) is 0 Å². The third kappa shape index (κ3) is 4.55. The molecule has 2 aliphatic heterocycles. The first-order valence-corrected chi connectivity index (χ1v) is 9.89. The van der Waals surface area contributed by atoms with E-state index in [1.165, 1.54) is 27.9 Å². The van der Waals surface area contributed by atoms with E-state index in [9.17, 15) is 19.8 Å². The summed E-state index contributed by atoms with van der Waals surface area (Å²) in [4.78, 5) is 27.0. The van der Waals surface area contributed by atoms with Crippen LogP contribution in [0.1, 0.15) is 41.0 Å². The molecule has 4 atom stereocenters. The molecule has 2 heterocycles. The summed E-state index contributed by atoms with van der Waals surface area (Å²) in [7, 11) is 1.34.